The zero-order valence-electron chi connectivity index (χ0n) is 14.8. The Bertz CT molecular complexity index is 1250. The third-order valence-corrected chi connectivity index (χ3v) is 5.31. The number of nitrogens with one attached hydrogen (secondary N) is 1. The number of halogens is 3. The fourth-order valence-corrected chi connectivity index (χ4v) is 3.54. The summed E-state index contributed by atoms with van der Waals surface area (Å²) in [5, 5.41) is 0.901. The van der Waals surface area contributed by atoms with Gasteiger partial charge in [0.1, 0.15) is 11.6 Å². The highest BCUT2D eigenvalue weighted by Gasteiger charge is 2.12. The molecule has 0 unspecified atom stereocenters. The van der Waals surface area contributed by atoms with E-state index in [0.717, 1.165) is 16.6 Å². The number of rotatable bonds is 4. The Morgan fingerprint density at radius 3 is 2.61 bits per heavy atom. The molecule has 1 aromatic heterocycles. The Morgan fingerprint density at radius 1 is 1.04 bits per heavy atom. The van der Waals surface area contributed by atoms with Crippen LogP contribution in [0.3, 0.4) is 0 Å². The minimum atomic E-state index is -0.360. The van der Waals surface area contributed by atoms with Gasteiger partial charge in [0, 0.05) is 5.56 Å². The fraction of sp³-hybridized carbons (Fsp3) is 0.0952. The highest BCUT2D eigenvalue weighted by Crippen LogP contribution is 2.32. The van der Waals surface area contributed by atoms with Gasteiger partial charge in [0.15, 0.2) is 0 Å². The van der Waals surface area contributed by atoms with Gasteiger partial charge in [-0.3, -0.25) is 4.57 Å². The van der Waals surface area contributed by atoms with Gasteiger partial charge in [0.05, 0.1) is 34.7 Å². The van der Waals surface area contributed by atoms with Crippen LogP contribution in [0.1, 0.15) is 5.56 Å². The summed E-state index contributed by atoms with van der Waals surface area (Å²) in [6.07, 6.45) is 0. The van der Waals surface area contributed by atoms with E-state index in [1.165, 1.54) is 19.2 Å². The first kappa shape index (κ1) is 18.6. The Balaban J connectivity index is 1.78. The number of hydrogen-bond donors (Lipinski definition) is 1. The summed E-state index contributed by atoms with van der Waals surface area (Å²) in [7, 11) is 1.53. The number of imidazole rings is 1. The van der Waals surface area contributed by atoms with Crippen LogP contribution in [0.4, 0.5) is 4.39 Å². The van der Waals surface area contributed by atoms with Crippen molar-refractivity contribution in [3.63, 3.8) is 0 Å². The first-order valence-electron chi connectivity index (χ1n) is 8.46. The molecule has 142 valence electrons. The molecule has 0 saturated heterocycles. The van der Waals surface area contributed by atoms with Gasteiger partial charge in [0.2, 0.25) is 0 Å². The Kier molecular flexibility index (Phi) is 4.87. The number of benzene rings is 3. The van der Waals surface area contributed by atoms with E-state index in [2.05, 4.69) is 4.98 Å². The standard InChI is InChI=1S/C21H15Cl2FN2O2/c1-28-20-7-4-14(24)10-15(20)13-3-6-19-18(9-13)25-21(27)26(19)11-12-2-5-16(22)17(23)8-12/h2-10H,11H2,1H3,(H,25,27). The molecule has 7 heteroatoms. The van der Waals surface area contributed by atoms with Crippen LogP contribution < -0.4 is 10.4 Å². The average Bonchev–Trinajstić information content (AvgIpc) is 2.99. The molecule has 0 radical (unpaired) electrons. The molecule has 0 aliphatic rings. The van der Waals surface area contributed by atoms with E-state index >= 15 is 0 Å². The maximum absolute atomic E-state index is 13.7. The molecule has 1 heterocycles. The number of ether oxygens (including phenoxy) is 1. The van der Waals surface area contributed by atoms with Gasteiger partial charge in [-0.15, -0.1) is 0 Å². The third kappa shape index (κ3) is 3.39. The maximum atomic E-state index is 13.7. The van der Waals surface area contributed by atoms with Crippen LogP contribution in [-0.2, 0) is 6.54 Å². The molecule has 0 saturated carbocycles. The quantitative estimate of drug-likeness (QED) is 0.477. The van der Waals surface area contributed by atoms with E-state index in [9.17, 15) is 9.18 Å². The fourth-order valence-electron chi connectivity index (χ4n) is 3.21. The minimum Gasteiger partial charge on any atom is -0.496 e. The van der Waals surface area contributed by atoms with Crippen LogP contribution >= 0.6 is 23.2 Å². The second-order valence-corrected chi connectivity index (χ2v) is 7.16. The molecule has 3 aromatic carbocycles. The lowest BCUT2D eigenvalue weighted by Gasteiger charge is -2.09. The van der Waals surface area contributed by atoms with Gasteiger partial charge in [-0.25, -0.2) is 9.18 Å². The van der Waals surface area contributed by atoms with Crippen molar-refractivity contribution in [1.29, 1.82) is 0 Å². The average molecular weight is 417 g/mol. The van der Waals surface area contributed by atoms with Crippen LogP contribution in [0.15, 0.2) is 59.4 Å². The van der Waals surface area contributed by atoms with Crippen molar-refractivity contribution >= 4 is 34.2 Å². The molecule has 4 rings (SSSR count). The van der Waals surface area contributed by atoms with E-state index in [1.54, 1.807) is 28.8 Å². The summed E-state index contributed by atoms with van der Waals surface area (Å²) in [4.78, 5) is 15.3. The number of H-pyrrole nitrogens is 1. The first-order chi connectivity index (χ1) is 13.5. The zero-order chi connectivity index (χ0) is 19.8. The third-order valence-electron chi connectivity index (χ3n) is 4.57. The van der Waals surface area contributed by atoms with Crippen LogP contribution in [0, 0.1) is 5.82 Å². The van der Waals surface area contributed by atoms with E-state index < -0.39 is 0 Å². The maximum Gasteiger partial charge on any atom is 0.326 e. The van der Waals surface area contributed by atoms with Crippen molar-refractivity contribution in [2.45, 2.75) is 6.54 Å². The molecule has 0 atom stereocenters. The molecular weight excluding hydrogens is 402 g/mol. The normalized spacial score (nSPS) is 11.1. The molecule has 4 nitrogen and oxygen atoms in total. The molecule has 0 bridgehead atoms. The van der Waals surface area contributed by atoms with Gasteiger partial charge >= 0.3 is 5.69 Å². The van der Waals surface area contributed by atoms with Crippen molar-refractivity contribution in [1.82, 2.24) is 9.55 Å². The Hall–Kier alpha value is -2.76. The smallest absolute Gasteiger partial charge is 0.326 e. The van der Waals surface area contributed by atoms with Gasteiger partial charge < -0.3 is 9.72 Å². The highest BCUT2D eigenvalue weighted by molar-refractivity contribution is 6.42. The summed E-state index contributed by atoms with van der Waals surface area (Å²) in [5.74, 6) is 0.194. The van der Waals surface area contributed by atoms with Gasteiger partial charge in [0.25, 0.3) is 0 Å². The van der Waals surface area contributed by atoms with Crippen LogP contribution in [0.5, 0.6) is 5.75 Å². The summed E-state index contributed by atoms with van der Waals surface area (Å²) < 4.78 is 20.7. The molecular formula is C21H15Cl2FN2O2. The number of fused-ring (bicyclic) bond motifs is 1. The monoisotopic (exact) mass is 416 g/mol. The number of aromatic nitrogens is 2. The lowest BCUT2D eigenvalue weighted by atomic mass is 10.0. The van der Waals surface area contributed by atoms with Crippen molar-refractivity contribution in [3.8, 4) is 16.9 Å². The lowest BCUT2D eigenvalue weighted by molar-refractivity contribution is 0.415. The van der Waals surface area contributed by atoms with Crippen molar-refractivity contribution in [2.24, 2.45) is 0 Å². The molecule has 28 heavy (non-hydrogen) atoms. The Morgan fingerprint density at radius 2 is 1.86 bits per heavy atom. The van der Waals surface area contributed by atoms with Crippen LogP contribution in [0.25, 0.3) is 22.2 Å². The summed E-state index contributed by atoms with van der Waals surface area (Å²) in [6, 6.07) is 15.1. The van der Waals surface area contributed by atoms with E-state index in [-0.39, 0.29) is 11.5 Å². The molecule has 0 aliphatic carbocycles. The molecule has 0 aliphatic heterocycles. The number of hydrogen-bond acceptors (Lipinski definition) is 2. The van der Waals surface area contributed by atoms with Gasteiger partial charge in [-0.2, -0.15) is 0 Å². The number of nitrogens with zero attached hydrogens (tertiary/aromatic N) is 1. The Labute approximate surface area is 170 Å². The topological polar surface area (TPSA) is 47.0 Å². The summed E-state index contributed by atoms with van der Waals surface area (Å²) in [6.45, 7) is 0.346. The highest BCUT2D eigenvalue weighted by atomic mass is 35.5. The minimum absolute atomic E-state index is 0.246. The molecule has 0 fully saturated rings. The number of aromatic amines is 1. The molecule has 4 aromatic rings. The predicted octanol–water partition coefficient (Wildman–Crippen LogP) is 5.50. The van der Waals surface area contributed by atoms with Crippen LogP contribution in [0.2, 0.25) is 10.0 Å². The van der Waals surface area contributed by atoms with E-state index in [0.29, 0.717) is 33.4 Å². The summed E-state index contributed by atoms with van der Waals surface area (Å²) in [5.41, 5.74) is 3.34. The van der Waals surface area contributed by atoms with Gasteiger partial charge in [-0.1, -0.05) is 35.3 Å². The van der Waals surface area contributed by atoms with E-state index in [4.69, 9.17) is 27.9 Å². The predicted molar refractivity (Wildman–Crippen MR) is 110 cm³/mol. The van der Waals surface area contributed by atoms with Crippen LogP contribution in [-0.4, -0.2) is 16.7 Å². The van der Waals surface area contributed by atoms with Crippen molar-refractivity contribution in [2.75, 3.05) is 7.11 Å². The lowest BCUT2D eigenvalue weighted by Crippen LogP contribution is -2.17. The largest absolute Gasteiger partial charge is 0.496 e. The second-order valence-electron chi connectivity index (χ2n) is 6.34. The van der Waals surface area contributed by atoms with Crippen molar-refractivity contribution < 1.29 is 9.13 Å². The molecule has 0 amide bonds. The number of methoxy groups -OCH3 is 1. The molecule has 1 N–H and O–H groups in total. The SMILES string of the molecule is COc1ccc(F)cc1-c1ccc2c(c1)[nH]c(=O)n2Cc1ccc(Cl)c(Cl)c1. The van der Waals surface area contributed by atoms with Gasteiger partial charge in [-0.05, 0) is 53.6 Å². The second kappa shape index (κ2) is 7.34. The summed E-state index contributed by atoms with van der Waals surface area (Å²) >= 11 is 12.0. The van der Waals surface area contributed by atoms with Crippen molar-refractivity contribution in [3.05, 3.63) is 86.5 Å². The van der Waals surface area contributed by atoms with E-state index in [1.807, 2.05) is 18.2 Å². The molecule has 0 spiro atoms. The zero-order valence-corrected chi connectivity index (χ0v) is 16.3. The first-order valence-corrected chi connectivity index (χ1v) is 9.22.